The number of sulfonamides is 1. The van der Waals surface area contributed by atoms with Gasteiger partial charge in [-0.3, -0.25) is 0 Å². The van der Waals surface area contributed by atoms with Crippen molar-refractivity contribution in [1.29, 1.82) is 0 Å². The third-order valence-electron chi connectivity index (χ3n) is 2.00. The van der Waals surface area contributed by atoms with E-state index in [2.05, 4.69) is 15.9 Å². The maximum absolute atomic E-state index is 11.9. The van der Waals surface area contributed by atoms with Gasteiger partial charge in [0.05, 0.1) is 3.79 Å². The molecule has 1 heterocycles. The smallest absolute Gasteiger partial charge is 0.345 e. The van der Waals surface area contributed by atoms with Crippen LogP contribution >= 0.6 is 27.3 Å². The number of carboxylic acid groups (broad SMARTS) is 1. The molecule has 0 atom stereocenters. The van der Waals surface area contributed by atoms with Gasteiger partial charge in [-0.1, -0.05) is 6.92 Å². The van der Waals surface area contributed by atoms with Crippen LogP contribution in [0.25, 0.3) is 0 Å². The third kappa shape index (κ3) is 2.45. The normalized spacial score (nSPS) is 12.0. The number of thiophene rings is 1. The van der Waals surface area contributed by atoms with E-state index >= 15 is 0 Å². The maximum atomic E-state index is 11.9. The Labute approximate surface area is 106 Å². The van der Waals surface area contributed by atoms with Crippen LogP contribution in [-0.4, -0.2) is 37.4 Å². The van der Waals surface area contributed by atoms with Crippen molar-refractivity contribution in [3.05, 3.63) is 14.7 Å². The van der Waals surface area contributed by atoms with Crippen LogP contribution in [0.2, 0.25) is 0 Å². The van der Waals surface area contributed by atoms with E-state index in [1.165, 1.54) is 13.1 Å². The fraction of sp³-hybridized carbons (Fsp3) is 0.375. The molecule has 90 valence electrons. The Morgan fingerprint density at radius 3 is 2.56 bits per heavy atom. The van der Waals surface area contributed by atoms with E-state index in [-0.39, 0.29) is 9.77 Å². The molecule has 0 radical (unpaired) electrons. The quantitative estimate of drug-likeness (QED) is 0.915. The molecule has 1 N–H and O–H groups in total. The second-order valence-corrected chi connectivity index (χ2v) is 7.36. The molecule has 0 unspecified atom stereocenters. The minimum Gasteiger partial charge on any atom is -0.477 e. The van der Waals surface area contributed by atoms with Gasteiger partial charge < -0.3 is 5.11 Å². The Morgan fingerprint density at radius 2 is 2.19 bits per heavy atom. The van der Waals surface area contributed by atoms with Gasteiger partial charge in [-0.05, 0) is 22.0 Å². The summed E-state index contributed by atoms with van der Waals surface area (Å²) >= 11 is 3.96. The second-order valence-electron chi connectivity index (χ2n) is 2.97. The summed E-state index contributed by atoms with van der Waals surface area (Å²) in [5.74, 6) is -1.13. The number of hydrogen-bond donors (Lipinski definition) is 1. The summed E-state index contributed by atoms with van der Waals surface area (Å²) in [6.07, 6.45) is 0. The predicted molar refractivity (Wildman–Crippen MR) is 64.5 cm³/mol. The van der Waals surface area contributed by atoms with E-state index in [0.717, 1.165) is 15.6 Å². The van der Waals surface area contributed by atoms with Gasteiger partial charge in [-0.25, -0.2) is 17.5 Å². The van der Waals surface area contributed by atoms with E-state index < -0.39 is 16.0 Å². The Bertz CT molecular complexity index is 508. The summed E-state index contributed by atoms with van der Waals surface area (Å²) in [7, 11) is -2.15. The molecule has 0 saturated carbocycles. The lowest BCUT2D eigenvalue weighted by molar-refractivity contribution is 0.0702. The Hall–Kier alpha value is -0.440. The van der Waals surface area contributed by atoms with Crippen molar-refractivity contribution in [1.82, 2.24) is 4.31 Å². The molecule has 0 fully saturated rings. The van der Waals surface area contributed by atoms with Crippen molar-refractivity contribution in [3.8, 4) is 0 Å². The Balaban J connectivity index is 3.29. The van der Waals surface area contributed by atoms with E-state index in [1.807, 2.05) is 0 Å². The highest BCUT2D eigenvalue weighted by molar-refractivity contribution is 9.11. The summed E-state index contributed by atoms with van der Waals surface area (Å²) in [5.41, 5.74) is 0. The molecule has 0 aliphatic heterocycles. The molecule has 5 nitrogen and oxygen atoms in total. The van der Waals surface area contributed by atoms with Crippen LogP contribution in [0.4, 0.5) is 0 Å². The minimum absolute atomic E-state index is 0.000694. The first kappa shape index (κ1) is 13.6. The van der Waals surface area contributed by atoms with Crippen LogP contribution < -0.4 is 0 Å². The number of hydrogen-bond acceptors (Lipinski definition) is 4. The lowest BCUT2D eigenvalue weighted by atomic mass is 10.5. The van der Waals surface area contributed by atoms with Gasteiger partial charge in [-0.2, -0.15) is 0 Å². The summed E-state index contributed by atoms with van der Waals surface area (Å²) in [6.45, 7) is 2.03. The van der Waals surface area contributed by atoms with Gasteiger partial charge in [0.15, 0.2) is 0 Å². The van der Waals surface area contributed by atoms with Crippen molar-refractivity contribution in [3.63, 3.8) is 0 Å². The van der Waals surface area contributed by atoms with Crippen molar-refractivity contribution in [2.24, 2.45) is 0 Å². The van der Waals surface area contributed by atoms with Crippen molar-refractivity contribution in [2.45, 2.75) is 11.8 Å². The van der Waals surface area contributed by atoms with Crippen LogP contribution in [0.3, 0.4) is 0 Å². The minimum atomic E-state index is -3.60. The van der Waals surface area contributed by atoms with Crippen LogP contribution in [0, 0.1) is 0 Å². The van der Waals surface area contributed by atoms with Gasteiger partial charge in [0.2, 0.25) is 10.0 Å². The summed E-state index contributed by atoms with van der Waals surface area (Å²) in [6, 6.07) is 1.17. The maximum Gasteiger partial charge on any atom is 0.345 e. The first-order valence-corrected chi connectivity index (χ1v) is 7.34. The van der Waals surface area contributed by atoms with Crippen molar-refractivity contribution in [2.75, 3.05) is 13.6 Å². The highest BCUT2D eigenvalue weighted by Gasteiger charge is 2.26. The number of carbonyl (C=O) groups is 1. The first-order chi connectivity index (χ1) is 7.30. The molecular weight excluding hydrogens is 318 g/mol. The monoisotopic (exact) mass is 327 g/mol. The molecule has 16 heavy (non-hydrogen) atoms. The highest BCUT2D eigenvalue weighted by atomic mass is 79.9. The van der Waals surface area contributed by atoms with Crippen LogP contribution in [-0.2, 0) is 10.0 Å². The molecule has 1 aromatic rings. The average molecular weight is 328 g/mol. The second kappa shape index (κ2) is 4.82. The average Bonchev–Trinajstić information content (AvgIpc) is 2.59. The summed E-state index contributed by atoms with van der Waals surface area (Å²) in [4.78, 5) is 10.7. The SMILES string of the molecule is CCN(C)S(=O)(=O)c1cc(C(=O)O)sc1Br. The van der Waals surface area contributed by atoms with Crippen molar-refractivity contribution >= 4 is 43.3 Å². The van der Waals surface area contributed by atoms with Crippen LogP contribution in [0.5, 0.6) is 0 Å². The zero-order valence-corrected chi connectivity index (χ0v) is 11.8. The molecular formula is C8H10BrNO4S2. The number of carboxylic acids is 1. The lowest BCUT2D eigenvalue weighted by Crippen LogP contribution is -2.26. The fourth-order valence-corrected chi connectivity index (χ4v) is 4.50. The molecule has 1 aromatic heterocycles. The lowest BCUT2D eigenvalue weighted by Gasteiger charge is -2.13. The summed E-state index contributed by atoms with van der Waals surface area (Å²) in [5, 5.41) is 8.77. The highest BCUT2D eigenvalue weighted by Crippen LogP contribution is 2.33. The molecule has 0 aliphatic carbocycles. The molecule has 1 rings (SSSR count). The first-order valence-electron chi connectivity index (χ1n) is 4.29. The van der Waals surface area contributed by atoms with Crippen LogP contribution in [0.15, 0.2) is 14.7 Å². The van der Waals surface area contributed by atoms with Gasteiger partial charge >= 0.3 is 5.97 Å². The molecule has 0 aromatic carbocycles. The van der Waals surface area contributed by atoms with E-state index in [9.17, 15) is 13.2 Å². The van der Waals surface area contributed by atoms with Gasteiger partial charge in [0, 0.05) is 13.6 Å². The van der Waals surface area contributed by atoms with E-state index in [1.54, 1.807) is 6.92 Å². The number of nitrogens with zero attached hydrogens (tertiary/aromatic N) is 1. The van der Waals surface area contributed by atoms with E-state index in [4.69, 9.17) is 5.11 Å². The van der Waals surface area contributed by atoms with Crippen LogP contribution in [0.1, 0.15) is 16.6 Å². The summed E-state index contributed by atoms with van der Waals surface area (Å²) < 4.78 is 25.3. The standard InChI is InChI=1S/C8H10BrNO4S2/c1-3-10(2)16(13,14)6-4-5(8(11)12)15-7(6)9/h4H,3H2,1-2H3,(H,11,12). The predicted octanol–water partition coefficient (Wildman–Crippen LogP) is 1.85. The molecule has 0 amide bonds. The Morgan fingerprint density at radius 1 is 1.62 bits per heavy atom. The zero-order valence-electron chi connectivity index (χ0n) is 8.60. The largest absolute Gasteiger partial charge is 0.477 e. The molecule has 0 spiro atoms. The zero-order chi connectivity index (χ0) is 12.5. The van der Waals surface area contributed by atoms with E-state index in [0.29, 0.717) is 10.3 Å². The molecule has 0 bridgehead atoms. The molecule has 8 heteroatoms. The number of aromatic carboxylic acids is 1. The fourth-order valence-electron chi connectivity index (χ4n) is 0.971. The van der Waals surface area contributed by atoms with Gasteiger partial charge in [0.25, 0.3) is 0 Å². The van der Waals surface area contributed by atoms with Gasteiger partial charge in [-0.15, -0.1) is 11.3 Å². The number of rotatable bonds is 4. The molecule has 0 aliphatic rings. The Kier molecular flexibility index (Phi) is 4.11. The van der Waals surface area contributed by atoms with Gasteiger partial charge in [0.1, 0.15) is 9.77 Å². The molecule has 0 saturated heterocycles. The number of halogens is 1. The van der Waals surface area contributed by atoms with Crippen molar-refractivity contribution < 1.29 is 18.3 Å². The topological polar surface area (TPSA) is 74.7 Å². The third-order valence-corrected chi connectivity index (χ3v) is 6.17.